The van der Waals surface area contributed by atoms with Crippen molar-refractivity contribution in [3.63, 3.8) is 0 Å². The van der Waals surface area contributed by atoms with Crippen molar-refractivity contribution in [2.45, 2.75) is 22.9 Å². The summed E-state index contributed by atoms with van der Waals surface area (Å²) in [6.45, 7) is 1.93. The Labute approximate surface area is 101 Å². The van der Waals surface area contributed by atoms with Gasteiger partial charge in [0.2, 0.25) is 0 Å². The molecular weight excluding hydrogens is 255 g/mol. The van der Waals surface area contributed by atoms with Crippen LogP contribution in [0.25, 0.3) is 0 Å². The highest BCUT2D eigenvalue weighted by molar-refractivity contribution is 8.00. The summed E-state index contributed by atoms with van der Waals surface area (Å²) in [5.74, 6) is 0.781. The topological polar surface area (TPSA) is 26.0 Å². The molecule has 0 fully saturated rings. The monoisotopic (exact) mass is 267 g/mol. The van der Waals surface area contributed by atoms with Crippen LogP contribution >= 0.6 is 23.5 Å². The van der Waals surface area contributed by atoms with E-state index in [1.165, 1.54) is 17.8 Å². The molecule has 0 saturated carbocycles. The van der Waals surface area contributed by atoms with Gasteiger partial charge in [0, 0.05) is 9.79 Å². The second kappa shape index (κ2) is 5.23. The number of hydrogen-bond acceptors (Lipinski definition) is 3. The van der Waals surface area contributed by atoms with Gasteiger partial charge in [-0.15, -0.1) is 23.5 Å². The molecule has 0 aliphatic carbocycles. The van der Waals surface area contributed by atoms with E-state index in [9.17, 15) is 13.2 Å². The maximum Gasteiger partial charge on any atom is 0.417 e. The van der Waals surface area contributed by atoms with Crippen LogP contribution in [0.2, 0.25) is 0 Å². The second-order valence-electron chi connectivity index (χ2n) is 2.99. The third kappa shape index (κ3) is 2.79. The average Bonchev–Trinajstić information content (AvgIpc) is 2.19. The van der Waals surface area contributed by atoms with Crippen molar-refractivity contribution >= 4 is 29.2 Å². The third-order valence-electron chi connectivity index (χ3n) is 1.97. The molecular formula is C10H12F3NS2. The lowest BCUT2D eigenvalue weighted by Gasteiger charge is -2.15. The molecule has 0 unspecified atom stereocenters. The van der Waals surface area contributed by atoms with Crippen LogP contribution in [-0.2, 0) is 6.18 Å². The van der Waals surface area contributed by atoms with Crippen molar-refractivity contribution in [2.75, 3.05) is 17.7 Å². The van der Waals surface area contributed by atoms with Gasteiger partial charge in [-0.2, -0.15) is 13.2 Å². The summed E-state index contributed by atoms with van der Waals surface area (Å²) in [7, 11) is 0. The number of alkyl halides is 3. The van der Waals surface area contributed by atoms with E-state index in [4.69, 9.17) is 5.73 Å². The van der Waals surface area contributed by atoms with Crippen LogP contribution in [0.15, 0.2) is 21.9 Å². The molecule has 1 nitrogen and oxygen atoms in total. The molecule has 0 bridgehead atoms. The first-order valence-electron chi connectivity index (χ1n) is 4.58. The van der Waals surface area contributed by atoms with E-state index in [0.717, 1.165) is 23.6 Å². The first kappa shape index (κ1) is 13.6. The van der Waals surface area contributed by atoms with Crippen molar-refractivity contribution in [1.29, 1.82) is 0 Å². The molecule has 1 aromatic carbocycles. The molecule has 6 heteroatoms. The highest BCUT2D eigenvalue weighted by atomic mass is 32.2. The molecule has 2 N–H and O–H groups in total. The summed E-state index contributed by atoms with van der Waals surface area (Å²) in [5.41, 5.74) is 5.31. The Morgan fingerprint density at radius 2 is 1.94 bits per heavy atom. The fourth-order valence-electron chi connectivity index (χ4n) is 1.31. The Bertz CT molecular complexity index is 377. The van der Waals surface area contributed by atoms with Gasteiger partial charge in [-0.05, 0) is 24.1 Å². The van der Waals surface area contributed by atoms with E-state index < -0.39 is 11.7 Å². The zero-order chi connectivity index (χ0) is 12.3. The molecule has 0 atom stereocenters. The van der Waals surface area contributed by atoms with Crippen LogP contribution in [-0.4, -0.2) is 12.0 Å². The molecule has 0 heterocycles. The minimum Gasteiger partial charge on any atom is -0.397 e. The van der Waals surface area contributed by atoms with Gasteiger partial charge < -0.3 is 5.73 Å². The van der Waals surface area contributed by atoms with Gasteiger partial charge in [-0.1, -0.05) is 6.92 Å². The van der Waals surface area contributed by atoms with Crippen molar-refractivity contribution in [2.24, 2.45) is 0 Å². The summed E-state index contributed by atoms with van der Waals surface area (Å²) in [6, 6.07) is 2.53. The SMILES string of the molecule is CCSc1ccc(C(F)(F)F)c(SC)c1N. The van der Waals surface area contributed by atoms with Crippen LogP contribution in [0.1, 0.15) is 12.5 Å². The fraction of sp³-hybridized carbons (Fsp3) is 0.400. The van der Waals surface area contributed by atoms with Crippen LogP contribution in [0.5, 0.6) is 0 Å². The van der Waals surface area contributed by atoms with Crippen LogP contribution < -0.4 is 5.73 Å². The smallest absolute Gasteiger partial charge is 0.397 e. The second-order valence-corrected chi connectivity index (χ2v) is 5.11. The highest BCUT2D eigenvalue weighted by Crippen LogP contribution is 2.42. The molecule has 0 spiro atoms. The van der Waals surface area contributed by atoms with E-state index in [2.05, 4.69) is 0 Å². The number of nitrogens with two attached hydrogens (primary N) is 1. The maximum absolute atomic E-state index is 12.7. The molecule has 0 aliphatic rings. The van der Waals surface area contributed by atoms with Gasteiger partial charge in [0.05, 0.1) is 11.3 Å². The predicted octanol–water partition coefficient (Wildman–Crippen LogP) is 4.12. The minimum atomic E-state index is -4.35. The summed E-state index contributed by atoms with van der Waals surface area (Å²) in [6.07, 6.45) is -2.75. The lowest BCUT2D eigenvalue weighted by atomic mass is 10.2. The van der Waals surface area contributed by atoms with Crippen molar-refractivity contribution in [1.82, 2.24) is 0 Å². The summed E-state index contributed by atoms with van der Waals surface area (Å²) < 4.78 is 38.0. The molecule has 0 aliphatic heterocycles. The number of nitrogen functional groups attached to an aromatic ring is 1. The van der Waals surface area contributed by atoms with Gasteiger partial charge in [0.1, 0.15) is 0 Å². The van der Waals surface area contributed by atoms with Gasteiger partial charge in [-0.25, -0.2) is 0 Å². The number of anilines is 1. The van der Waals surface area contributed by atoms with E-state index in [1.54, 1.807) is 6.26 Å². The van der Waals surface area contributed by atoms with Gasteiger partial charge >= 0.3 is 6.18 Å². The van der Waals surface area contributed by atoms with Crippen molar-refractivity contribution < 1.29 is 13.2 Å². The van der Waals surface area contributed by atoms with Crippen LogP contribution in [0.4, 0.5) is 18.9 Å². The standard InChI is InChI=1S/C10H12F3NS2/c1-3-16-7-5-4-6(10(11,12)13)9(15-2)8(7)14/h4-5H,3,14H2,1-2H3. The molecule has 1 rings (SSSR count). The summed E-state index contributed by atoms with van der Waals surface area (Å²) in [4.78, 5) is 0.825. The Morgan fingerprint density at radius 1 is 1.31 bits per heavy atom. The fourth-order valence-corrected chi connectivity index (χ4v) is 2.84. The van der Waals surface area contributed by atoms with E-state index in [-0.39, 0.29) is 10.6 Å². The lowest BCUT2D eigenvalue weighted by molar-refractivity contribution is -0.139. The zero-order valence-corrected chi connectivity index (χ0v) is 10.5. The Balaban J connectivity index is 3.29. The molecule has 0 saturated heterocycles. The first-order chi connectivity index (χ1) is 7.41. The van der Waals surface area contributed by atoms with E-state index in [1.807, 2.05) is 6.92 Å². The minimum absolute atomic E-state index is 0.117. The molecule has 0 amide bonds. The lowest BCUT2D eigenvalue weighted by Crippen LogP contribution is -2.09. The molecule has 16 heavy (non-hydrogen) atoms. The van der Waals surface area contributed by atoms with E-state index >= 15 is 0 Å². The molecule has 1 aromatic rings. The zero-order valence-electron chi connectivity index (χ0n) is 8.89. The van der Waals surface area contributed by atoms with Crippen LogP contribution in [0.3, 0.4) is 0 Å². The van der Waals surface area contributed by atoms with Crippen molar-refractivity contribution in [3.05, 3.63) is 17.7 Å². The summed E-state index contributed by atoms with van der Waals surface area (Å²) >= 11 is 2.48. The average molecular weight is 267 g/mol. The Kier molecular flexibility index (Phi) is 4.43. The van der Waals surface area contributed by atoms with Gasteiger partial charge in [-0.3, -0.25) is 0 Å². The maximum atomic E-state index is 12.7. The number of rotatable bonds is 3. The quantitative estimate of drug-likeness (QED) is 0.659. The normalized spacial score (nSPS) is 11.8. The molecule has 90 valence electrons. The number of hydrogen-bond donors (Lipinski definition) is 1. The van der Waals surface area contributed by atoms with Gasteiger partial charge in [0.15, 0.2) is 0 Å². The first-order valence-corrected chi connectivity index (χ1v) is 6.79. The van der Waals surface area contributed by atoms with Gasteiger partial charge in [0.25, 0.3) is 0 Å². The van der Waals surface area contributed by atoms with E-state index in [0.29, 0.717) is 4.90 Å². The predicted molar refractivity (Wildman–Crippen MR) is 64.0 cm³/mol. The Morgan fingerprint density at radius 3 is 2.38 bits per heavy atom. The third-order valence-corrected chi connectivity index (χ3v) is 3.77. The number of benzene rings is 1. The van der Waals surface area contributed by atoms with Crippen molar-refractivity contribution in [3.8, 4) is 0 Å². The molecule has 0 aromatic heterocycles. The molecule has 0 radical (unpaired) electrons. The van der Waals surface area contributed by atoms with Crippen LogP contribution in [0, 0.1) is 0 Å². The number of halogens is 3. The largest absolute Gasteiger partial charge is 0.417 e. The Hall–Kier alpha value is -0.490. The highest BCUT2D eigenvalue weighted by Gasteiger charge is 2.34. The summed E-state index contributed by atoms with van der Waals surface area (Å²) in [5, 5.41) is 0. The number of thioether (sulfide) groups is 2.